The SMILES string of the molecule is NNc1ncnc(N(CCO)CC(F)F)c1Br. The molecule has 1 rings (SSSR count). The van der Waals surface area contributed by atoms with Gasteiger partial charge < -0.3 is 15.4 Å². The fourth-order valence-electron chi connectivity index (χ4n) is 1.25. The minimum Gasteiger partial charge on any atom is -0.395 e. The molecule has 96 valence electrons. The Bertz CT molecular complexity index is 368. The summed E-state index contributed by atoms with van der Waals surface area (Å²) in [5, 5.41) is 8.84. The molecule has 0 aliphatic heterocycles. The van der Waals surface area contributed by atoms with Gasteiger partial charge in [-0.1, -0.05) is 0 Å². The number of anilines is 2. The van der Waals surface area contributed by atoms with E-state index < -0.39 is 13.0 Å². The van der Waals surface area contributed by atoms with Crippen molar-refractivity contribution < 1.29 is 13.9 Å². The summed E-state index contributed by atoms with van der Waals surface area (Å²) < 4.78 is 25.1. The van der Waals surface area contributed by atoms with Crippen LogP contribution in [0.1, 0.15) is 0 Å². The molecule has 0 spiro atoms. The zero-order chi connectivity index (χ0) is 12.8. The average Bonchev–Trinajstić information content (AvgIpc) is 2.28. The number of nitrogens with one attached hydrogen (secondary N) is 1. The number of rotatable bonds is 6. The van der Waals surface area contributed by atoms with Crippen LogP contribution in [-0.4, -0.2) is 41.2 Å². The van der Waals surface area contributed by atoms with Crippen molar-refractivity contribution in [2.24, 2.45) is 5.84 Å². The number of halogens is 3. The molecule has 1 heterocycles. The Morgan fingerprint density at radius 2 is 2.24 bits per heavy atom. The summed E-state index contributed by atoms with van der Waals surface area (Å²) in [5.74, 6) is 5.75. The molecule has 0 atom stereocenters. The van der Waals surface area contributed by atoms with E-state index in [9.17, 15) is 8.78 Å². The van der Waals surface area contributed by atoms with Gasteiger partial charge in [-0.15, -0.1) is 0 Å². The lowest BCUT2D eigenvalue weighted by Crippen LogP contribution is -2.32. The van der Waals surface area contributed by atoms with Gasteiger partial charge >= 0.3 is 0 Å². The first-order valence-electron chi connectivity index (χ1n) is 4.71. The summed E-state index contributed by atoms with van der Waals surface area (Å²) in [6.45, 7) is -0.737. The van der Waals surface area contributed by atoms with Crippen LogP contribution in [-0.2, 0) is 0 Å². The molecule has 4 N–H and O–H groups in total. The van der Waals surface area contributed by atoms with Crippen molar-refractivity contribution in [2.75, 3.05) is 30.0 Å². The monoisotopic (exact) mass is 311 g/mol. The molecule has 1 aromatic heterocycles. The smallest absolute Gasteiger partial charge is 0.255 e. The standard InChI is InChI=1S/C8H12BrF2N5O/c9-6-7(15-12)13-4-14-8(6)16(1-2-17)3-5(10)11/h4-5,17H,1-3,12H2,(H,13,14,15). The largest absolute Gasteiger partial charge is 0.395 e. The first-order valence-corrected chi connectivity index (χ1v) is 5.50. The van der Waals surface area contributed by atoms with Gasteiger partial charge in [0.2, 0.25) is 0 Å². The molecule has 9 heteroatoms. The first kappa shape index (κ1) is 14.0. The minimum atomic E-state index is -2.53. The topological polar surface area (TPSA) is 87.3 Å². The normalized spacial score (nSPS) is 10.7. The third kappa shape index (κ3) is 3.72. The van der Waals surface area contributed by atoms with Crippen molar-refractivity contribution in [3.8, 4) is 0 Å². The lowest BCUT2D eigenvalue weighted by atomic mass is 10.4. The van der Waals surface area contributed by atoms with E-state index in [0.29, 0.717) is 4.47 Å². The zero-order valence-corrected chi connectivity index (χ0v) is 10.4. The molecule has 0 aliphatic rings. The van der Waals surface area contributed by atoms with E-state index >= 15 is 0 Å². The van der Waals surface area contributed by atoms with Crippen LogP contribution < -0.4 is 16.2 Å². The Kier molecular flexibility index (Phi) is 5.45. The van der Waals surface area contributed by atoms with Crippen LogP contribution >= 0.6 is 15.9 Å². The number of hydrogen-bond donors (Lipinski definition) is 3. The second kappa shape index (κ2) is 6.62. The number of aliphatic hydroxyl groups excluding tert-OH is 1. The Morgan fingerprint density at radius 3 is 2.76 bits per heavy atom. The summed E-state index contributed by atoms with van der Waals surface area (Å²) in [6, 6.07) is 0. The van der Waals surface area contributed by atoms with Crippen LogP contribution in [0.25, 0.3) is 0 Å². The quantitative estimate of drug-likeness (QED) is 0.526. The highest BCUT2D eigenvalue weighted by molar-refractivity contribution is 9.10. The molecule has 0 radical (unpaired) electrons. The highest BCUT2D eigenvalue weighted by Gasteiger charge is 2.18. The number of hydrogen-bond acceptors (Lipinski definition) is 6. The van der Waals surface area contributed by atoms with E-state index in [0.717, 1.165) is 0 Å². The molecule has 0 bridgehead atoms. The summed E-state index contributed by atoms with van der Waals surface area (Å²) in [7, 11) is 0. The summed E-state index contributed by atoms with van der Waals surface area (Å²) >= 11 is 3.17. The van der Waals surface area contributed by atoms with Crippen molar-refractivity contribution in [2.45, 2.75) is 6.43 Å². The molecule has 0 aliphatic carbocycles. The summed E-state index contributed by atoms with van der Waals surface area (Å²) in [5.41, 5.74) is 2.31. The second-order valence-corrected chi connectivity index (χ2v) is 3.86. The number of nitrogens with two attached hydrogens (primary N) is 1. The highest BCUT2D eigenvalue weighted by atomic mass is 79.9. The van der Waals surface area contributed by atoms with Crippen LogP contribution in [0.5, 0.6) is 0 Å². The Morgan fingerprint density at radius 1 is 1.53 bits per heavy atom. The molecule has 1 aromatic rings. The maximum absolute atomic E-state index is 12.4. The van der Waals surface area contributed by atoms with Crippen LogP contribution in [0.2, 0.25) is 0 Å². The van der Waals surface area contributed by atoms with Crippen molar-refractivity contribution in [1.29, 1.82) is 0 Å². The van der Waals surface area contributed by atoms with Crippen LogP contribution in [0.3, 0.4) is 0 Å². The van der Waals surface area contributed by atoms with Gasteiger partial charge in [-0.3, -0.25) is 0 Å². The van der Waals surface area contributed by atoms with Crippen molar-refractivity contribution in [3.63, 3.8) is 0 Å². The third-order valence-corrected chi connectivity index (χ3v) is 2.67. The molecule has 0 unspecified atom stereocenters. The molecule has 0 aromatic carbocycles. The van der Waals surface area contributed by atoms with Gasteiger partial charge in [-0.05, 0) is 15.9 Å². The first-order chi connectivity index (χ1) is 8.10. The molecule has 0 amide bonds. The number of aliphatic hydroxyl groups is 1. The maximum atomic E-state index is 12.4. The van der Waals surface area contributed by atoms with Crippen LogP contribution in [0.4, 0.5) is 20.4 Å². The Labute approximate surface area is 105 Å². The van der Waals surface area contributed by atoms with E-state index in [1.54, 1.807) is 0 Å². The van der Waals surface area contributed by atoms with E-state index in [1.807, 2.05) is 0 Å². The van der Waals surface area contributed by atoms with Gasteiger partial charge in [0.15, 0.2) is 5.82 Å². The summed E-state index contributed by atoms with van der Waals surface area (Å²) in [4.78, 5) is 8.94. The van der Waals surface area contributed by atoms with E-state index in [-0.39, 0.29) is 24.8 Å². The minimum absolute atomic E-state index is 0.0456. The predicted molar refractivity (Wildman–Crippen MR) is 62.8 cm³/mol. The summed E-state index contributed by atoms with van der Waals surface area (Å²) in [6.07, 6.45) is -1.33. The van der Waals surface area contributed by atoms with E-state index in [1.165, 1.54) is 11.2 Å². The lowest BCUT2D eigenvalue weighted by Gasteiger charge is -2.23. The molecule has 6 nitrogen and oxygen atoms in total. The zero-order valence-electron chi connectivity index (χ0n) is 8.78. The highest BCUT2D eigenvalue weighted by Crippen LogP contribution is 2.29. The average molecular weight is 312 g/mol. The van der Waals surface area contributed by atoms with Gasteiger partial charge in [0.05, 0.1) is 13.2 Å². The van der Waals surface area contributed by atoms with Gasteiger partial charge in [0.25, 0.3) is 6.43 Å². The number of aromatic nitrogens is 2. The van der Waals surface area contributed by atoms with Gasteiger partial charge in [-0.25, -0.2) is 24.6 Å². The Hall–Kier alpha value is -1.06. The predicted octanol–water partition coefficient (Wildman–Crippen LogP) is 0.589. The number of nitrogens with zero attached hydrogens (tertiary/aromatic N) is 3. The number of alkyl halides is 2. The maximum Gasteiger partial charge on any atom is 0.255 e. The van der Waals surface area contributed by atoms with Crippen molar-refractivity contribution in [1.82, 2.24) is 9.97 Å². The second-order valence-electron chi connectivity index (χ2n) is 3.06. The molecule has 0 saturated heterocycles. The molecular formula is C8H12BrF2N5O. The lowest BCUT2D eigenvalue weighted by molar-refractivity contribution is 0.152. The molecule has 0 fully saturated rings. The van der Waals surface area contributed by atoms with Gasteiger partial charge in [-0.2, -0.15) is 0 Å². The Balaban J connectivity index is 3.00. The molecule has 17 heavy (non-hydrogen) atoms. The number of nitrogen functional groups attached to an aromatic ring is 1. The number of hydrazine groups is 1. The van der Waals surface area contributed by atoms with E-state index in [2.05, 4.69) is 31.3 Å². The van der Waals surface area contributed by atoms with Gasteiger partial charge in [0.1, 0.15) is 16.6 Å². The molecular weight excluding hydrogens is 300 g/mol. The fourth-order valence-corrected chi connectivity index (χ4v) is 1.82. The van der Waals surface area contributed by atoms with E-state index in [4.69, 9.17) is 10.9 Å². The van der Waals surface area contributed by atoms with Crippen LogP contribution in [0, 0.1) is 0 Å². The van der Waals surface area contributed by atoms with Crippen molar-refractivity contribution >= 4 is 27.6 Å². The van der Waals surface area contributed by atoms with Crippen molar-refractivity contribution in [3.05, 3.63) is 10.8 Å². The van der Waals surface area contributed by atoms with Gasteiger partial charge in [0, 0.05) is 6.54 Å². The van der Waals surface area contributed by atoms with Crippen LogP contribution in [0.15, 0.2) is 10.8 Å². The fraction of sp³-hybridized carbons (Fsp3) is 0.500. The third-order valence-electron chi connectivity index (χ3n) is 1.94. The molecule has 0 saturated carbocycles.